The normalized spacial score (nSPS) is 17.6. The molecule has 0 radical (unpaired) electrons. The van der Waals surface area contributed by atoms with Crippen molar-refractivity contribution in [1.29, 1.82) is 5.26 Å². The molecule has 1 saturated heterocycles. The number of likely N-dealkylation sites (tertiary alicyclic amines) is 1. The topological polar surface area (TPSA) is 79.1 Å². The highest BCUT2D eigenvalue weighted by Crippen LogP contribution is 2.19. The van der Waals surface area contributed by atoms with Gasteiger partial charge in [0.25, 0.3) is 5.88 Å². The fraction of sp³-hybridized carbons (Fsp3) is 0.429. The minimum absolute atomic E-state index is 0.107. The number of carbonyl (C=O) groups excluding carboxylic acids is 1. The molecule has 20 heavy (non-hydrogen) atoms. The number of rotatable bonds is 5. The molecule has 1 aliphatic rings. The number of carbonyl (C=O) groups is 1. The Balaban J connectivity index is 1.92. The summed E-state index contributed by atoms with van der Waals surface area (Å²) >= 11 is 0. The van der Waals surface area contributed by atoms with E-state index in [0.29, 0.717) is 25.9 Å². The van der Waals surface area contributed by atoms with Crippen molar-refractivity contribution in [3.8, 4) is 11.9 Å². The van der Waals surface area contributed by atoms with Gasteiger partial charge in [0, 0.05) is 31.8 Å². The first-order chi connectivity index (χ1) is 9.74. The molecule has 1 aliphatic heterocycles. The van der Waals surface area contributed by atoms with Gasteiger partial charge in [-0.05, 0) is 6.42 Å². The SMILES string of the molecule is C=CCCC(=O)N1CCC(Oc2nccnc2C#N)C1. The first-order valence-electron chi connectivity index (χ1n) is 6.51. The Morgan fingerprint density at radius 3 is 3.15 bits per heavy atom. The molecule has 2 rings (SSSR count). The van der Waals surface area contributed by atoms with Crippen LogP contribution in [0.5, 0.6) is 5.88 Å². The maximum Gasteiger partial charge on any atom is 0.251 e. The number of hydrogen-bond acceptors (Lipinski definition) is 5. The van der Waals surface area contributed by atoms with Crippen LogP contribution < -0.4 is 4.74 Å². The maximum atomic E-state index is 11.9. The summed E-state index contributed by atoms with van der Waals surface area (Å²) in [5.74, 6) is 0.344. The van der Waals surface area contributed by atoms with Gasteiger partial charge in [-0.15, -0.1) is 6.58 Å². The molecule has 2 heterocycles. The summed E-state index contributed by atoms with van der Waals surface area (Å²) in [5, 5.41) is 8.92. The average molecular weight is 272 g/mol. The summed E-state index contributed by atoms with van der Waals surface area (Å²) in [7, 11) is 0. The van der Waals surface area contributed by atoms with Crippen molar-refractivity contribution in [3.05, 3.63) is 30.7 Å². The molecule has 1 amide bonds. The third kappa shape index (κ3) is 3.32. The number of amides is 1. The van der Waals surface area contributed by atoms with Crippen molar-refractivity contribution in [2.45, 2.75) is 25.4 Å². The zero-order chi connectivity index (χ0) is 14.4. The van der Waals surface area contributed by atoms with Crippen LogP contribution in [-0.2, 0) is 4.79 Å². The Morgan fingerprint density at radius 2 is 2.40 bits per heavy atom. The lowest BCUT2D eigenvalue weighted by molar-refractivity contribution is -0.130. The van der Waals surface area contributed by atoms with Gasteiger partial charge in [-0.3, -0.25) is 4.79 Å². The molecule has 0 spiro atoms. The van der Waals surface area contributed by atoms with E-state index >= 15 is 0 Å². The van der Waals surface area contributed by atoms with E-state index in [0.717, 1.165) is 6.42 Å². The molecule has 1 fully saturated rings. The Labute approximate surface area is 117 Å². The molecule has 6 heteroatoms. The van der Waals surface area contributed by atoms with Gasteiger partial charge < -0.3 is 9.64 Å². The Hall–Kier alpha value is -2.42. The standard InChI is InChI=1S/C14H16N4O2/c1-2-3-4-13(19)18-8-5-11(10-18)20-14-12(9-15)16-6-7-17-14/h2,6-7,11H,1,3-5,8,10H2. The Bertz CT molecular complexity index is 538. The molecule has 0 aliphatic carbocycles. The fourth-order valence-electron chi connectivity index (χ4n) is 2.08. The molecule has 104 valence electrons. The quantitative estimate of drug-likeness (QED) is 0.755. The van der Waals surface area contributed by atoms with Crippen molar-refractivity contribution in [1.82, 2.24) is 14.9 Å². The van der Waals surface area contributed by atoms with Crippen LogP contribution >= 0.6 is 0 Å². The molecule has 0 saturated carbocycles. The van der Waals surface area contributed by atoms with Crippen LogP contribution in [0.25, 0.3) is 0 Å². The van der Waals surface area contributed by atoms with Gasteiger partial charge in [-0.2, -0.15) is 5.26 Å². The zero-order valence-corrected chi connectivity index (χ0v) is 11.2. The summed E-state index contributed by atoms with van der Waals surface area (Å²) in [4.78, 5) is 21.5. The van der Waals surface area contributed by atoms with Gasteiger partial charge >= 0.3 is 0 Å². The van der Waals surface area contributed by atoms with Gasteiger partial charge in [0.15, 0.2) is 0 Å². The largest absolute Gasteiger partial charge is 0.470 e. The summed E-state index contributed by atoms with van der Waals surface area (Å²) in [6.07, 6.45) is 6.44. The highest BCUT2D eigenvalue weighted by atomic mass is 16.5. The van der Waals surface area contributed by atoms with E-state index in [1.54, 1.807) is 11.0 Å². The lowest BCUT2D eigenvalue weighted by Gasteiger charge is -2.16. The van der Waals surface area contributed by atoms with E-state index in [1.165, 1.54) is 12.4 Å². The van der Waals surface area contributed by atoms with Gasteiger partial charge in [-0.1, -0.05) is 6.08 Å². The molecule has 0 aromatic carbocycles. The number of nitrogens with zero attached hydrogens (tertiary/aromatic N) is 4. The predicted octanol–water partition coefficient (Wildman–Crippen LogP) is 1.29. The zero-order valence-electron chi connectivity index (χ0n) is 11.2. The molecule has 1 aromatic rings. The van der Waals surface area contributed by atoms with Crippen molar-refractivity contribution in [2.24, 2.45) is 0 Å². The van der Waals surface area contributed by atoms with E-state index in [-0.39, 0.29) is 23.6 Å². The molecule has 1 unspecified atom stereocenters. The van der Waals surface area contributed by atoms with E-state index in [9.17, 15) is 4.79 Å². The number of ether oxygens (including phenoxy) is 1. The summed E-state index contributed by atoms with van der Waals surface area (Å²) in [6.45, 7) is 4.80. The third-order valence-electron chi connectivity index (χ3n) is 3.11. The second-order valence-corrected chi connectivity index (χ2v) is 4.52. The monoisotopic (exact) mass is 272 g/mol. The maximum absolute atomic E-state index is 11.9. The average Bonchev–Trinajstić information content (AvgIpc) is 2.94. The minimum Gasteiger partial charge on any atom is -0.470 e. The van der Waals surface area contributed by atoms with Crippen molar-refractivity contribution in [3.63, 3.8) is 0 Å². The molecule has 0 bridgehead atoms. The van der Waals surface area contributed by atoms with Crippen LogP contribution in [0.15, 0.2) is 25.0 Å². The van der Waals surface area contributed by atoms with Gasteiger partial charge in [0.05, 0.1) is 6.54 Å². The van der Waals surface area contributed by atoms with E-state index < -0.39 is 0 Å². The first kappa shape index (κ1) is 14.0. The van der Waals surface area contributed by atoms with Crippen LogP contribution in [-0.4, -0.2) is 40.0 Å². The molecular weight excluding hydrogens is 256 g/mol. The number of nitriles is 1. The van der Waals surface area contributed by atoms with Crippen molar-refractivity contribution < 1.29 is 9.53 Å². The molecule has 1 atom stereocenters. The molecule has 1 aromatic heterocycles. The van der Waals surface area contributed by atoms with Crippen LogP contribution in [0, 0.1) is 11.3 Å². The summed E-state index contributed by atoms with van der Waals surface area (Å²) in [5.41, 5.74) is 0.170. The number of aromatic nitrogens is 2. The molecule has 0 N–H and O–H groups in total. The van der Waals surface area contributed by atoms with Gasteiger partial charge in [0.2, 0.25) is 11.6 Å². The van der Waals surface area contributed by atoms with Crippen molar-refractivity contribution >= 4 is 5.91 Å². The van der Waals surface area contributed by atoms with E-state index in [1.807, 2.05) is 6.07 Å². The summed E-state index contributed by atoms with van der Waals surface area (Å²) in [6, 6.07) is 1.94. The Morgan fingerprint density at radius 1 is 1.60 bits per heavy atom. The lowest BCUT2D eigenvalue weighted by Crippen LogP contribution is -2.30. The van der Waals surface area contributed by atoms with E-state index in [4.69, 9.17) is 10.00 Å². The Kier molecular flexibility index (Phi) is 4.66. The minimum atomic E-state index is -0.133. The molecule has 6 nitrogen and oxygen atoms in total. The first-order valence-corrected chi connectivity index (χ1v) is 6.51. The number of allylic oxidation sites excluding steroid dienone is 1. The lowest BCUT2D eigenvalue weighted by atomic mass is 10.3. The second kappa shape index (κ2) is 6.66. The van der Waals surface area contributed by atoms with Crippen molar-refractivity contribution in [2.75, 3.05) is 13.1 Å². The summed E-state index contributed by atoms with van der Waals surface area (Å²) < 4.78 is 5.67. The predicted molar refractivity (Wildman–Crippen MR) is 71.8 cm³/mol. The third-order valence-corrected chi connectivity index (χ3v) is 3.11. The van der Waals surface area contributed by atoms with Crippen LogP contribution in [0.3, 0.4) is 0 Å². The van der Waals surface area contributed by atoms with Crippen LogP contribution in [0.2, 0.25) is 0 Å². The second-order valence-electron chi connectivity index (χ2n) is 4.52. The highest BCUT2D eigenvalue weighted by Gasteiger charge is 2.28. The van der Waals surface area contributed by atoms with Gasteiger partial charge in [0.1, 0.15) is 12.2 Å². The van der Waals surface area contributed by atoms with Crippen LogP contribution in [0.1, 0.15) is 25.0 Å². The fourth-order valence-corrected chi connectivity index (χ4v) is 2.08. The number of hydrogen-bond donors (Lipinski definition) is 0. The smallest absolute Gasteiger partial charge is 0.251 e. The van der Waals surface area contributed by atoms with Gasteiger partial charge in [-0.25, -0.2) is 9.97 Å². The van der Waals surface area contributed by atoms with E-state index in [2.05, 4.69) is 16.5 Å². The highest BCUT2D eigenvalue weighted by molar-refractivity contribution is 5.76. The molecular formula is C14H16N4O2. The van der Waals surface area contributed by atoms with Crippen LogP contribution in [0.4, 0.5) is 0 Å².